The predicted molar refractivity (Wildman–Crippen MR) is 101 cm³/mol. The number of nitrogens with zero attached hydrogens (tertiary/aromatic N) is 2. The quantitative estimate of drug-likeness (QED) is 0.767. The van der Waals surface area contributed by atoms with Crippen LogP contribution in [0.5, 0.6) is 0 Å². The van der Waals surface area contributed by atoms with Crippen LogP contribution in [0.25, 0.3) is 0 Å². The molecule has 26 heavy (non-hydrogen) atoms. The molecule has 8 heteroatoms. The van der Waals surface area contributed by atoms with Gasteiger partial charge in [-0.2, -0.15) is 9.57 Å². The first kappa shape index (κ1) is 18.6. The Balaban J connectivity index is 1.65. The number of benzene rings is 1. The van der Waals surface area contributed by atoms with E-state index in [4.69, 9.17) is 5.26 Å². The number of anilines is 1. The number of hydrogen-bond donors (Lipinski definition) is 1. The van der Waals surface area contributed by atoms with E-state index in [1.165, 1.54) is 4.31 Å². The smallest absolute Gasteiger partial charge is 0.252 e. The summed E-state index contributed by atoms with van der Waals surface area (Å²) in [7, 11) is -3.45. The second kappa shape index (κ2) is 7.99. The molecule has 1 saturated heterocycles. The lowest BCUT2D eigenvalue weighted by molar-refractivity contribution is 0.101. The average molecular weight is 390 g/mol. The van der Waals surface area contributed by atoms with Crippen molar-refractivity contribution in [1.29, 1.82) is 5.26 Å². The molecule has 1 aliphatic heterocycles. The van der Waals surface area contributed by atoms with Crippen molar-refractivity contribution in [3.05, 3.63) is 47.5 Å². The topological polar surface area (TPSA) is 90.3 Å². The molecule has 1 fully saturated rings. The standard InChI is InChI=1S/C18H19N3O3S2/c19-12-14-5-4-6-15(11-14)16(22)13-20-17-7-8-18(25-17)26(23,24)21-9-2-1-3-10-21/h4-8,11,20H,1-3,9-10,13H2. The third kappa shape index (κ3) is 4.12. The van der Waals surface area contributed by atoms with Gasteiger partial charge in [0.05, 0.1) is 23.2 Å². The van der Waals surface area contributed by atoms with Crippen molar-refractivity contribution in [2.45, 2.75) is 23.5 Å². The van der Waals surface area contributed by atoms with Crippen molar-refractivity contribution < 1.29 is 13.2 Å². The molecular weight excluding hydrogens is 370 g/mol. The molecular formula is C18H19N3O3S2. The van der Waals surface area contributed by atoms with E-state index in [9.17, 15) is 13.2 Å². The Kier molecular flexibility index (Phi) is 5.71. The zero-order valence-electron chi connectivity index (χ0n) is 14.1. The first-order chi connectivity index (χ1) is 12.5. The molecule has 0 unspecified atom stereocenters. The second-order valence-corrected chi connectivity index (χ2v) is 9.30. The molecule has 0 spiro atoms. The van der Waals surface area contributed by atoms with Crippen molar-refractivity contribution >= 4 is 32.1 Å². The van der Waals surface area contributed by atoms with E-state index in [0.717, 1.165) is 30.6 Å². The highest BCUT2D eigenvalue weighted by atomic mass is 32.2. The number of Topliss-reactive ketones (excluding diaryl/α,β-unsaturated/α-hetero) is 1. The van der Waals surface area contributed by atoms with E-state index in [0.29, 0.717) is 33.4 Å². The molecule has 0 bridgehead atoms. The molecule has 0 aliphatic carbocycles. The Morgan fingerprint density at radius 1 is 1.19 bits per heavy atom. The van der Waals surface area contributed by atoms with Gasteiger partial charge in [-0.15, -0.1) is 11.3 Å². The van der Waals surface area contributed by atoms with Gasteiger partial charge in [0.15, 0.2) is 5.78 Å². The van der Waals surface area contributed by atoms with Gasteiger partial charge in [0, 0.05) is 18.7 Å². The molecule has 1 N–H and O–H groups in total. The van der Waals surface area contributed by atoms with E-state index in [1.807, 2.05) is 6.07 Å². The lowest BCUT2D eigenvalue weighted by atomic mass is 10.1. The first-order valence-corrected chi connectivity index (χ1v) is 10.6. The first-order valence-electron chi connectivity index (χ1n) is 8.38. The molecule has 0 saturated carbocycles. The van der Waals surface area contributed by atoms with Gasteiger partial charge >= 0.3 is 0 Å². The molecule has 3 rings (SSSR count). The van der Waals surface area contributed by atoms with Crippen LogP contribution in [0.4, 0.5) is 5.00 Å². The molecule has 136 valence electrons. The van der Waals surface area contributed by atoms with E-state index in [1.54, 1.807) is 36.4 Å². The number of nitrogens with one attached hydrogen (secondary N) is 1. The molecule has 0 amide bonds. The second-order valence-electron chi connectivity index (χ2n) is 6.05. The minimum absolute atomic E-state index is 0.0403. The fourth-order valence-corrected chi connectivity index (χ4v) is 5.69. The molecule has 0 atom stereocenters. The van der Waals surface area contributed by atoms with Crippen LogP contribution in [0.15, 0.2) is 40.6 Å². The van der Waals surface area contributed by atoms with Gasteiger partial charge in [0.1, 0.15) is 4.21 Å². The summed E-state index contributed by atoms with van der Waals surface area (Å²) in [4.78, 5) is 12.2. The molecule has 1 aromatic heterocycles. The Labute approximate surface area is 157 Å². The number of hydrogen-bond acceptors (Lipinski definition) is 6. The highest BCUT2D eigenvalue weighted by Crippen LogP contribution is 2.29. The zero-order valence-corrected chi connectivity index (χ0v) is 15.8. The van der Waals surface area contributed by atoms with Crippen molar-refractivity contribution in [2.24, 2.45) is 0 Å². The summed E-state index contributed by atoms with van der Waals surface area (Å²) in [5, 5.41) is 12.5. The van der Waals surface area contributed by atoms with Gasteiger partial charge in [0.25, 0.3) is 10.0 Å². The third-order valence-electron chi connectivity index (χ3n) is 4.23. The van der Waals surface area contributed by atoms with Gasteiger partial charge in [-0.25, -0.2) is 8.42 Å². The zero-order chi connectivity index (χ0) is 18.6. The Hall–Kier alpha value is -2.21. The van der Waals surface area contributed by atoms with Crippen LogP contribution in [0.1, 0.15) is 35.2 Å². The minimum atomic E-state index is -3.45. The molecule has 6 nitrogen and oxygen atoms in total. The molecule has 0 radical (unpaired) electrons. The lowest BCUT2D eigenvalue weighted by Gasteiger charge is -2.25. The van der Waals surface area contributed by atoms with Crippen LogP contribution in [-0.4, -0.2) is 38.1 Å². The van der Waals surface area contributed by atoms with E-state index in [2.05, 4.69) is 5.32 Å². The van der Waals surface area contributed by atoms with Crippen LogP contribution < -0.4 is 5.32 Å². The number of thiophene rings is 1. The number of carbonyl (C=O) groups excluding carboxylic acids is 1. The van der Waals surface area contributed by atoms with E-state index in [-0.39, 0.29) is 12.3 Å². The minimum Gasteiger partial charge on any atom is -0.369 e. The number of rotatable bonds is 6. The summed E-state index contributed by atoms with van der Waals surface area (Å²) in [6.07, 6.45) is 2.86. The van der Waals surface area contributed by atoms with Crippen LogP contribution in [0.3, 0.4) is 0 Å². The Morgan fingerprint density at radius 3 is 2.69 bits per heavy atom. The Bertz CT molecular complexity index is 939. The molecule has 2 heterocycles. The van der Waals surface area contributed by atoms with Crippen molar-refractivity contribution in [1.82, 2.24) is 4.31 Å². The summed E-state index contributed by atoms with van der Waals surface area (Å²) < 4.78 is 27.1. The summed E-state index contributed by atoms with van der Waals surface area (Å²) in [5.41, 5.74) is 0.885. The van der Waals surface area contributed by atoms with E-state index < -0.39 is 10.0 Å². The Morgan fingerprint density at radius 2 is 1.96 bits per heavy atom. The van der Waals surface area contributed by atoms with Crippen LogP contribution in [-0.2, 0) is 10.0 Å². The largest absolute Gasteiger partial charge is 0.369 e. The highest BCUT2D eigenvalue weighted by molar-refractivity contribution is 7.91. The fourth-order valence-electron chi connectivity index (χ4n) is 2.82. The maximum absolute atomic E-state index is 12.6. The summed E-state index contributed by atoms with van der Waals surface area (Å²) in [5.74, 6) is -0.157. The number of carbonyl (C=O) groups is 1. The van der Waals surface area contributed by atoms with Crippen molar-refractivity contribution in [2.75, 3.05) is 25.0 Å². The molecule has 1 aromatic carbocycles. The number of ketones is 1. The lowest BCUT2D eigenvalue weighted by Crippen LogP contribution is -2.35. The molecule has 2 aromatic rings. The number of sulfonamides is 1. The van der Waals surface area contributed by atoms with Gasteiger partial charge in [-0.1, -0.05) is 18.6 Å². The van der Waals surface area contributed by atoms with Gasteiger partial charge < -0.3 is 5.32 Å². The molecule has 1 aliphatic rings. The van der Waals surface area contributed by atoms with Crippen LogP contribution in [0, 0.1) is 11.3 Å². The third-order valence-corrected chi connectivity index (χ3v) is 7.64. The fraction of sp³-hybridized carbons (Fsp3) is 0.333. The van der Waals surface area contributed by atoms with Gasteiger partial charge in [-0.05, 0) is 37.1 Å². The normalized spacial score (nSPS) is 15.3. The monoisotopic (exact) mass is 389 g/mol. The number of nitriles is 1. The highest BCUT2D eigenvalue weighted by Gasteiger charge is 2.27. The SMILES string of the molecule is N#Cc1cccc(C(=O)CNc2ccc(S(=O)(=O)N3CCCCC3)s2)c1. The number of piperidine rings is 1. The average Bonchev–Trinajstić information content (AvgIpc) is 3.17. The van der Waals surface area contributed by atoms with Gasteiger partial charge in [-0.3, -0.25) is 4.79 Å². The maximum atomic E-state index is 12.6. The van der Waals surface area contributed by atoms with Gasteiger partial charge in [0.2, 0.25) is 0 Å². The predicted octanol–water partition coefficient (Wildman–Crippen LogP) is 3.09. The maximum Gasteiger partial charge on any atom is 0.252 e. The van der Waals surface area contributed by atoms with E-state index >= 15 is 0 Å². The van der Waals surface area contributed by atoms with Crippen molar-refractivity contribution in [3.8, 4) is 6.07 Å². The summed E-state index contributed by atoms with van der Waals surface area (Å²) >= 11 is 1.13. The summed E-state index contributed by atoms with van der Waals surface area (Å²) in [6, 6.07) is 11.8. The van der Waals surface area contributed by atoms with Crippen LogP contribution >= 0.6 is 11.3 Å². The van der Waals surface area contributed by atoms with Crippen LogP contribution in [0.2, 0.25) is 0 Å². The summed E-state index contributed by atoms with van der Waals surface area (Å²) in [6.45, 7) is 1.17. The van der Waals surface area contributed by atoms with Crippen molar-refractivity contribution in [3.63, 3.8) is 0 Å².